The van der Waals surface area contributed by atoms with Gasteiger partial charge in [0.15, 0.2) is 11.7 Å². The van der Waals surface area contributed by atoms with Gasteiger partial charge in [0.2, 0.25) is 0 Å². The van der Waals surface area contributed by atoms with Gasteiger partial charge in [-0.2, -0.15) is 0 Å². The lowest BCUT2D eigenvalue weighted by atomic mass is 9.48. The molecule has 3 unspecified atom stereocenters. The minimum atomic E-state index is -1.91. The molecule has 5 fully saturated rings. The monoisotopic (exact) mass is 440 g/mol. The van der Waals surface area contributed by atoms with Crippen LogP contribution in [-0.4, -0.2) is 89.3 Å². The summed E-state index contributed by atoms with van der Waals surface area (Å²) in [6.07, 6.45) is -3.63. The molecule has 3 N–H and O–H groups in total. The molecule has 2 saturated carbocycles. The van der Waals surface area contributed by atoms with Gasteiger partial charge >= 0.3 is 11.9 Å². The molecule has 0 aromatic rings. The molecule has 2 aliphatic carbocycles. The van der Waals surface area contributed by atoms with Crippen LogP contribution in [0.15, 0.2) is 11.3 Å². The topological polar surface area (TPSA) is 144 Å². The first kappa shape index (κ1) is 21.1. The highest BCUT2D eigenvalue weighted by molar-refractivity contribution is 5.93. The molecule has 3 heterocycles. The molecule has 10 heteroatoms. The number of hydrogen-bond donors (Lipinski definition) is 3. The van der Waals surface area contributed by atoms with Crippen LogP contribution in [-0.2, 0) is 33.3 Å². The lowest BCUT2D eigenvalue weighted by Crippen LogP contribution is -2.78. The number of carbonyl (C=O) groups excluding carboxylic acids is 2. The van der Waals surface area contributed by atoms with Crippen LogP contribution in [0, 0.1) is 17.3 Å². The standard InChI is InChI=1S/C21H28O10/c1-8(2)20(25)11-17(24)30-14(20)12(28-5)18(3)19(13-15(29-13)21(11,18)26)6-9(16(23)31-19)10(7-22)27-4/h8,11-15,22,25-26H,6-7H2,1-5H3/b10-9+/t11-,12+,13+,14-,15-,18?,19?,20+,21?/m0/s1. The molecule has 10 nitrogen and oxygen atoms in total. The van der Waals surface area contributed by atoms with Crippen molar-refractivity contribution in [3.63, 3.8) is 0 Å². The number of methoxy groups -OCH3 is 2. The van der Waals surface area contributed by atoms with Crippen molar-refractivity contribution in [3.05, 3.63) is 11.3 Å². The van der Waals surface area contributed by atoms with Crippen LogP contribution in [0.25, 0.3) is 0 Å². The summed E-state index contributed by atoms with van der Waals surface area (Å²) in [5, 5.41) is 33.5. The fraction of sp³-hybridized carbons (Fsp3) is 0.810. The zero-order valence-corrected chi connectivity index (χ0v) is 18.1. The Bertz CT molecular complexity index is 893. The van der Waals surface area contributed by atoms with Crippen LogP contribution >= 0.6 is 0 Å². The Morgan fingerprint density at radius 3 is 2.42 bits per heavy atom. The maximum absolute atomic E-state index is 13.0. The number of aliphatic hydroxyl groups is 3. The largest absolute Gasteiger partial charge is 0.498 e. The molecule has 2 bridgehead atoms. The number of epoxide rings is 1. The number of aliphatic hydroxyl groups excluding tert-OH is 1. The van der Waals surface area contributed by atoms with Crippen LogP contribution in [0.2, 0.25) is 0 Å². The van der Waals surface area contributed by atoms with Gasteiger partial charge in [-0.25, -0.2) is 4.79 Å². The van der Waals surface area contributed by atoms with Gasteiger partial charge in [-0.1, -0.05) is 20.8 Å². The number of esters is 2. The molecule has 0 amide bonds. The third-order valence-electron chi connectivity index (χ3n) is 8.64. The van der Waals surface area contributed by atoms with Gasteiger partial charge in [-0.3, -0.25) is 4.79 Å². The van der Waals surface area contributed by atoms with E-state index >= 15 is 0 Å². The molecule has 0 aromatic carbocycles. The van der Waals surface area contributed by atoms with E-state index in [0.29, 0.717) is 0 Å². The van der Waals surface area contributed by atoms with Crippen molar-refractivity contribution < 1.29 is 48.6 Å². The number of hydrogen-bond acceptors (Lipinski definition) is 10. The third-order valence-corrected chi connectivity index (χ3v) is 8.64. The highest BCUT2D eigenvalue weighted by Gasteiger charge is 2.95. The second-order valence-electron chi connectivity index (χ2n) is 9.71. The minimum Gasteiger partial charge on any atom is -0.498 e. The Kier molecular flexibility index (Phi) is 4.08. The smallest absolute Gasteiger partial charge is 0.338 e. The van der Waals surface area contributed by atoms with Crippen molar-refractivity contribution in [2.24, 2.45) is 17.3 Å². The van der Waals surface area contributed by atoms with E-state index in [9.17, 15) is 24.9 Å². The number of fused-ring (bicyclic) bond motifs is 8. The first-order valence-corrected chi connectivity index (χ1v) is 10.4. The fourth-order valence-electron chi connectivity index (χ4n) is 7.01. The second-order valence-corrected chi connectivity index (χ2v) is 9.71. The van der Waals surface area contributed by atoms with E-state index in [0.717, 1.165) is 0 Å². The maximum atomic E-state index is 13.0. The normalized spacial score (nSPS) is 53.4. The van der Waals surface area contributed by atoms with Crippen molar-refractivity contribution in [1.82, 2.24) is 0 Å². The first-order valence-electron chi connectivity index (χ1n) is 10.4. The fourth-order valence-corrected chi connectivity index (χ4v) is 7.01. The van der Waals surface area contributed by atoms with Crippen LogP contribution in [0.1, 0.15) is 27.2 Å². The summed E-state index contributed by atoms with van der Waals surface area (Å²) in [4.78, 5) is 25.9. The van der Waals surface area contributed by atoms with Crippen molar-refractivity contribution in [1.29, 1.82) is 0 Å². The van der Waals surface area contributed by atoms with Gasteiger partial charge < -0.3 is 39.0 Å². The lowest BCUT2D eigenvalue weighted by molar-refractivity contribution is -0.313. The Hall–Kier alpha value is -1.72. The predicted molar refractivity (Wildman–Crippen MR) is 100 cm³/mol. The summed E-state index contributed by atoms with van der Waals surface area (Å²) in [5.41, 5.74) is -6.21. The number of ether oxygens (including phenoxy) is 5. The summed E-state index contributed by atoms with van der Waals surface area (Å²) < 4.78 is 28.3. The molecule has 5 aliphatic rings. The lowest BCUT2D eigenvalue weighted by Gasteiger charge is -2.60. The second kappa shape index (κ2) is 5.99. The molecular formula is C21H28O10. The molecule has 172 valence electrons. The molecule has 9 atom stereocenters. The Balaban J connectivity index is 1.73. The van der Waals surface area contributed by atoms with Crippen molar-refractivity contribution in [2.45, 2.75) is 68.4 Å². The molecule has 0 aromatic heterocycles. The number of carbonyl (C=O) groups is 2. The van der Waals surface area contributed by atoms with E-state index in [1.807, 2.05) is 0 Å². The van der Waals surface area contributed by atoms with Gasteiger partial charge in [0, 0.05) is 13.5 Å². The van der Waals surface area contributed by atoms with Gasteiger partial charge in [0.05, 0.1) is 18.1 Å². The van der Waals surface area contributed by atoms with Crippen LogP contribution < -0.4 is 0 Å². The zero-order chi connectivity index (χ0) is 22.7. The Labute approximate surface area is 179 Å². The molecule has 31 heavy (non-hydrogen) atoms. The maximum Gasteiger partial charge on any atom is 0.338 e. The van der Waals surface area contributed by atoms with E-state index in [1.54, 1.807) is 20.8 Å². The third kappa shape index (κ3) is 1.94. The molecular weight excluding hydrogens is 412 g/mol. The van der Waals surface area contributed by atoms with Gasteiger partial charge in [0.25, 0.3) is 0 Å². The Morgan fingerprint density at radius 2 is 1.87 bits per heavy atom. The zero-order valence-electron chi connectivity index (χ0n) is 18.1. The van der Waals surface area contributed by atoms with E-state index in [2.05, 4.69) is 0 Å². The molecule has 1 spiro atoms. The molecule has 3 saturated heterocycles. The summed E-state index contributed by atoms with van der Waals surface area (Å²) >= 11 is 0. The van der Waals surface area contributed by atoms with Crippen molar-refractivity contribution in [2.75, 3.05) is 20.8 Å². The average Bonchev–Trinajstić information content (AvgIpc) is 3.37. The average molecular weight is 440 g/mol. The molecule has 0 radical (unpaired) electrons. The highest BCUT2D eigenvalue weighted by atomic mass is 16.7. The van der Waals surface area contributed by atoms with E-state index in [1.165, 1.54) is 14.2 Å². The van der Waals surface area contributed by atoms with Crippen LogP contribution in [0.4, 0.5) is 0 Å². The summed E-state index contributed by atoms with van der Waals surface area (Å²) in [6, 6.07) is 0. The molecule has 5 rings (SSSR count). The molecule has 3 aliphatic heterocycles. The first-order chi connectivity index (χ1) is 14.5. The summed E-state index contributed by atoms with van der Waals surface area (Å²) in [5.74, 6) is -3.09. The summed E-state index contributed by atoms with van der Waals surface area (Å²) in [7, 11) is 2.75. The van der Waals surface area contributed by atoms with Gasteiger partial charge in [-0.15, -0.1) is 0 Å². The van der Waals surface area contributed by atoms with E-state index in [-0.39, 0.29) is 17.8 Å². The highest BCUT2D eigenvalue weighted by Crippen LogP contribution is 2.76. The van der Waals surface area contributed by atoms with Crippen LogP contribution in [0.5, 0.6) is 0 Å². The summed E-state index contributed by atoms with van der Waals surface area (Å²) in [6.45, 7) is 4.69. The SMILES string of the molecule is CO/C(CO)=C1\CC2(OC1=O)[C@@H]1O[C@@H]1C1(O)[C@H]3C(=O)O[C@@H]([C@@H](OC)C21C)[C@@]3(O)C(C)C. The van der Waals surface area contributed by atoms with Crippen molar-refractivity contribution >= 4 is 11.9 Å². The van der Waals surface area contributed by atoms with E-state index < -0.39 is 77.0 Å². The quantitative estimate of drug-likeness (QED) is 0.216. The van der Waals surface area contributed by atoms with E-state index in [4.69, 9.17) is 23.7 Å². The van der Waals surface area contributed by atoms with Crippen LogP contribution in [0.3, 0.4) is 0 Å². The van der Waals surface area contributed by atoms with Crippen molar-refractivity contribution in [3.8, 4) is 0 Å². The van der Waals surface area contributed by atoms with Gasteiger partial charge in [0.1, 0.15) is 47.8 Å². The number of rotatable bonds is 4. The Morgan fingerprint density at radius 1 is 1.19 bits per heavy atom. The minimum absolute atomic E-state index is 0.0108. The van der Waals surface area contributed by atoms with Gasteiger partial charge in [-0.05, 0) is 5.92 Å². The predicted octanol–water partition coefficient (Wildman–Crippen LogP) is -0.959.